The molecule has 1 aliphatic rings. The Morgan fingerprint density at radius 1 is 1.62 bits per heavy atom. The first-order valence-electron chi connectivity index (χ1n) is 3.04. The lowest BCUT2D eigenvalue weighted by molar-refractivity contribution is 0.334. The third-order valence-electron chi connectivity index (χ3n) is 1.36. The Hall–Kier alpha value is -0.530. The van der Waals surface area contributed by atoms with Crippen LogP contribution in [0.15, 0.2) is 5.10 Å². The molecule has 0 N–H and O–H groups in total. The van der Waals surface area contributed by atoms with Gasteiger partial charge in [0.1, 0.15) is 0 Å². The fourth-order valence-electron chi connectivity index (χ4n) is 0.955. The van der Waals surface area contributed by atoms with E-state index in [0.29, 0.717) is 0 Å². The summed E-state index contributed by atoms with van der Waals surface area (Å²) in [6, 6.07) is 0. The molecular formula is C6H12N2. The van der Waals surface area contributed by atoms with Crippen LogP contribution in [0.5, 0.6) is 0 Å². The molecule has 0 unspecified atom stereocenters. The van der Waals surface area contributed by atoms with Crippen LogP contribution in [0.4, 0.5) is 0 Å². The molecule has 0 saturated carbocycles. The quantitative estimate of drug-likeness (QED) is 0.458. The molecule has 1 rings (SSSR count). The summed E-state index contributed by atoms with van der Waals surface area (Å²) in [7, 11) is 2.02. The zero-order valence-corrected chi connectivity index (χ0v) is 5.52. The van der Waals surface area contributed by atoms with Crippen molar-refractivity contribution >= 4 is 5.71 Å². The molecule has 0 amide bonds. The van der Waals surface area contributed by atoms with Gasteiger partial charge in [-0.1, -0.05) is 0 Å². The van der Waals surface area contributed by atoms with Gasteiger partial charge in [-0.05, 0) is 19.8 Å². The molecule has 0 saturated heterocycles. The van der Waals surface area contributed by atoms with Gasteiger partial charge in [-0.2, -0.15) is 5.10 Å². The molecular weight excluding hydrogens is 100 g/mol. The van der Waals surface area contributed by atoms with Gasteiger partial charge in [0.2, 0.25) is 0 Å². The van der Waals surface area contributed by atoms with E-state index < -0.39 is 0 Å². The number of hydrogen-bond donors (Lipinski definition) is 0. The van der Waals surface area contributed by atoms with Crippen molar-refractivity contribution in [2.24, 2.45) is 5.10 Å². The van der Waals surface area contributed by atoms with Crippen molar-refractivity contribution in [2.45, 2.75) is 19.8 Å². The van der Waals surface area contributed by atoms with Crippen molar-refractivity contribution in [2.75, 3.05) is 13.6 Å². The van der Waals surface area contributed by atoms with Gasteiger partial charge in [0.15, 0.2) is 0 Å². The van der Waals surface area contributed by atoms with E-state index in [1.165, 1.54) is 18.6 Å². The minimum atomic E-state index is 1.12. The zero-order valence-electron chi connectivity index (χ0n) is 5.52. The van der Waals surface area contributed by atoms with Gasteiger partial charge in [0.05, 0.1) is 0 Å². The van der Waals surface area contributed by atoms with Gasteiger partial charge >= 0.3 is 0 Å². The third kappa shape index (κ3) is 1.22. The number of hydrazone groups is 1. The van der Waals surface area contributed by atoms with Crippen LogP contribution >= 0.6 is 0 Å². The maximum absolute atomic E-state index is 4.23. The fraction of sp³-hybridized carbons (Fsp3) is 0.833. The summed E-state index contributed by atoms with van der Waals surface area (Å²) in [4.78, 5) is 0. The molecule has 2 nitrogen and oxygen atoms in total. The molecule has 0 spiro atoms. The Balaban J connectivity index is 2.50. The maximum atomic E-state index is 4.23. The summed E-state index contributed by atoms with van der Waals surface area (Å²) in [5, 5.41) is 6.23. The molecule has 1 aliphatic heterocycles. The Labute approximate surface area is 50.2 Å². The Morgan fingerprint density at radius 2 is 2.38 bits per heavy atom. The topological polar surface area (TPSA) is 15.6 Å². The highest BCUT2D eigenvalue weighted by Gasteiger charge is 2.02. The van der Waals surface area contributed by atoms with Crippen molar-refractivity contribution in [3.63, 3.8) is 0 Å². The largest absolute Gasteiger partial charge is 0.300 e. The van der Waals surface area contributed by atoms with E-state index in [-0.39, 0.29) is 0 Å². The summed E-state index contributed by atoms with van der Waals surface area (Å²) in [6.07, 6.45) is 2.45. The summed E-state index contributed by atoms with van der Waals surface area (Å²) < 4.78 is 0. The van der Waals surface area contributed by atoms with E-state index in [1.807, 2.05) is 12.1 Å². The molecule has 0 atom stereocenters. The van der Waals surface area contributed by atoms with Crippen molar-refractivity contribution in [1.82, 2.24) is 5.01 Å². The number of hydrogen-bond acceptors (Lipinski definition) is 2. The highest BCUT2D eigenvalue weighted by atomic mass is 15.4. The second kappa shape index (κ2) is 2.16. The molecule has 0 aromatic carbocycles. The van der Waals surface area contributed by atoms with E-state index in [0.717, 1.165) is 6.54 Å². The highest BCUT2D eigenvalue weighted by molar-refractivity contribution is 5.81. The van der Waals surface area contributed by atoms with E-state index >= 15 is 0 Å². The molecule has 0 fully saturated rings. The lowest BCUT2D eigenvalue weighted by atomic mass is 10.2. The fourth-order valence-corrected chi connectivity index (χ4v) is 0.955. The molecule has 1 heterocycles. The summed E-state index contributed by atoms with van der Waals surface area (Å²) in [5.41, 5.74) is 1.26. The average Bonchev–Trinajstić information content (AvgIpc) is 1.64. The normalized spacial score (nSPS) is 20.8. The second-order valence-corrected chi connectivity index (χ2v) is 2.32. The van der Waals surface area contributed by atoms with E-state index in [1.54, 1.807) is 0 Å². The van der Waals surface area contributed by atoms with Gasteiger partial charge in [0.25, 0.3) is 0 Å². The SMILES string of the molecule is CC1=NN(C)CCC1. The smallest absolute Gasteiger partial charge is 0.0360 e. The van der Waals surface area contributed by atoms with Gasteiger partial charge in [-0.25, -0.2) is 0 Å². The van der Waals surface area contributed by atoms with Gasteiger partial charge < -0.3 is 5.01 Å². The first-order valence-corrected chi connectivity index (χ1v) is 3.04. The molecule has 46 valence electrons. The van der Waals surface area contributed by atoms with Crippen LogP contribution in [0, 0.1) is 0 Å². The van der Waals surface area contributed by atoms with E-state index in [4.69, 9.17) is 0 Å². The van der Waals surface area contributed by atoms with Crippen LogP contribution in [0.3, 0.4) is 0 Å². The predicted molar refractivity (Wildman–Crippen MR) is 35.0 cm³/mol. The molecule has 8 heavy (non-hydrogen) atoms. The molecule has 0 aromatic rings. The van der Waals surface area contributed by atoms with Gasteiger partial charge in [-0.3, -0.25) is 0 Å². The minimum absolute atomic E-state index is 1.12. The van der Waals surface area contributed by atoms with Crippen LogP contribution in [0.1, 0.15) is 19.8 Å². The minimum Gasteiger partial charge on any atom is -0.300 e. The Morgan fingerprint density at radius 3 is 2.75 bits per heavy atom. The first-order chi connectivity index (χ1) is 3.79. The maximum Gasteiger partial charge on any atom is 0.0360 e. The number of rotatable bonds is 0. The summed E-state index contributed by atoms with van der Waals surface area (Å²) in [6.45, 7) is 3.20. The lowest BCUT2D eigenvalue weighted by Gasteiger charge is -2.18. The van der Waals surface area contributed by atoms with Crippen molar-refractivity contribution in [1.29, 1.82) is 0 Å². The zero-order chi connectivity index (χ0) is 5.98. The van der Waals surface area contributed by atoms with Crippen LogP contribution in [-0.2, 0) is 0 Å². The molecule has 2 heteroatoms. The molecule has 0 aromatic heterocycles. The van der Waals surface area contributed by atoms with Crippen LogP contribution in [-0.4, -0.2) is 24.3 Å². The van der Waals surface area contributed by atoms with E-state index in [9.17, 15) is 0 Å². The summed E-state index contributed by atoms with van der Waals surface area (Å²) in [5.74, 6) is 0. The number of nitrogens with zero attached hydrogens (tertiary/aromatic N) is 2. The third-order valence-corrected chi connectivity index (χ3v) is 1.36. The second-order valence-electron chi connectivity index (χ2n) is 2.32. The van der Waals surface area contributed by atoms with Crippen LogP contribution in [0.25, 0.3) is 0 Å². The first kappa shape index (κ1) is 5.60. The predicted octanol–water partition coefficient (Wildman–Crippen LogP) is 1.09. The summed E-state index contributed by atoms with van der Waals surface area (Å²) >= 11 is 0. The Bertz CT molecular complexity index is 107. The molecule has 0 aliphatic carbocycles. The van der Waals surface area contributed by atoms with Crippen molar-refractivity contribution in [3.8, 4) is 0 Å². The van der Waals surface area contributed by atoms with Crippen molar-refractivity contribution in [3.05, 3.63) is 0 Å². The Kier molecular flexibility index (Phi) is 1.51. The molecule has 0 bridgehead atoms. The highest BCUT2D eigenvalue weighted by Crippen LogP contribution is 2.02. The standard InChI is InChI=1S/C6H12N2/c1-6-4-3-5-8(2)7-6/h3-5H2,1-2H3. The van der Waals surface area contributed by atoms with Crippen molar-refractivity contribution < 1.29 is 0 Å². The van der Waals surface area contributed by atoms with E-state index in [2.05, 4.69) is 12.0 Å². The monoisotopic (exact) mass is 112 g/mol. The average molecular weight is 112 g/mol. The van der Waals surface area contributed by atoms with Crippen LogP contribution < -0.4 is 0 Å². The van der Waals surface area contributed by atoms with Gasteiger partial charge in [0, 0.05) is 19.3 Å². The lowest BCUT2D eigenvalue weighted by Crippen LogP contribution is -2.20. The molecule has 0 radical (unpaired) electrons. The van der Waals surface area contributed by atoms with Gasteiger partial charge in [-0.15, -0.1) is 0 Å². The van der Waals surface area contributed by atoms with Crippen LogP contribution in [0.2, 0.25) is 0 Å².